The lowest BCUT2D eigenvalue weighted by atomic mass is 9.89. The summed E-state index contributed by atoms with van der Waals surface area (Å²) in [4.78, 5) is 27.1. The maximum atomic E-state index is 12.1. The van der Waals surface area contributed by atoms with E-state index in [9.17, 15) is 9.59 Å². The number of nitrogens with zero attached hydrogens (tertiary/aromatic N) is 2. The van der Waals surface area contributed by atoms with Crippen LogP contribution in [-0.4, -0.2) is 67.0 Å². The number of carbonyl (C=O) groups is 2. The minimum absolute atomic E-state index is 0. The Morgan fingerprint density at radius 2 is 1.50 bits per heavy atom. The van der Waals surface area contributed by atoms with Crippen molar-refractivity contribution in [3.05, 3.63) is 0 Å². The zero-order valence-electron chi connectivity index (χ0n) is 22.8. The van der Waals surface area contributed by atoms with Crippen LogP contribution in [0.4, 0.5) is 0 Å². The van der Waals surface area contributed by atoms with Crippen LogP contribution in [0, 0.1) is 5.92 Å². The van der Waals surface area contributed by atoms with E-state index in [-0.39, 0.29) is 24.8 Å². The van der Waals surface area contributed by atoms with Gasteiger partial charge in [0.25, 0.3) is 0 Å². The highest BCUT2D eigenvalue weighted by Crippen LogP contribution is 2.24. The Morgan fingerprint density at radius 1 is 0.971 bits per heavy atom. The molecule has 2 aliphatic rings. The summed E-state index contributed by atoms with van der Waals surface area (Å²) in [6, 6.07) is 0. The molecule has 0 spiro atoms. The summed E-state index contributed by atoms with van der Waals surface area (Å²) in [7, 11) is 2.10. The van der Waals surface area contributed by atoms with Gasteiger partial charge in [0.15, 0.2) is 0 Å². The predicted octanol–water partition coefficient (Wildman–Crippen LogP) is 6.02. The van der Waals surface area contributed by atoms with E-state index >= 15 is 0 Å². The van der Waals surface area contributed by atoms with E-state index < -0.39 is 0 Å². The maximum Gasteiger partial charge on any atom is 0.222 e. The number of hydrogen-bond acceptors (Lipinski definition) is 4. The van der Waals surface area contributed by atoms with E-state index in [0.29, 0.717) is 18.8 Å². The lowest BCUT2D eigenvalue weighted by molar-refractivity contribution is -0.134. The molecule has 6 nitrogen and oxygen atoms in total. The highest BCUT2D eigenvalue weighted by Gasteiger charge is 2.23. The van der Waals surface area contributed by atoms with Crippen LogP contribution in [0.25, 0.3) is 0 Å². The smallest absolute Gasteiger partial charge is 0.222 e. The fraction of sp³-hybridized carbons (Fsp3) is 0.929. The van der Waals surface area contributed by atoms with Crippen LogP contribution < -0.4 is 5.73 Å². The molecule has 0 atom stereocenters. The average Bonchev–Trinajstić information content (AvgIpc) is 2.76. The Hall–Kier alpha value is -1.14. The molecule has 2 rings (SSSR count). The molecule has 1 aliphatic heterocycles. The minimum Gasteiger partial charge on any atom is -0.376 e. The molecular formula is C28H59N3O3. The van der Waals surface area contributed by atoms with Crippen LogP contribution in [0.1, 0.15) is 119 Å². The van der Waals surface area contributed by atoms with Crippen molar-refractivity contribution in [3.8, 4) is 0 Å². The van der Waals surface area contributed by atoms with Crippen molar-refractivity contribution in [2.75, 3.05) is 39.8 Å². The standard InChI is InChI=1S/C15H30N2O2.C10H19NO.C2H6.CH4/c1-5-6-13-19-15(2,3)8-7-14(18)17-11-9-16(4)10-12-17;11-10(12)8-9-6-4-2-1-3-5-7-9;1-2;/h5-13H2,1-4H3;9H,1-8H2,(H2,11,12);1-2H3;1H4. The van der Waals surface area contributed by atoms with Gasteiger partial charge in [-0.2, -0.15) is 0 Å². The van der Waals surface area contributed by atoms with E-state index in [1.165, 1.54) is 44.9 Å². The van der Waals surface area contributed by atoms with Crippen LogP contribution in [0.3, 0.4) is 0 Å². The Labute approximate surface area is 212 Å². The number of piperazine rings is 1. The molecule has 0 radical (unpaired) electrons. The number of primary amides is 1. The van der Waals surface area contributed by atoms with E-state index in [1.807, 2.05) is 18.7 Å². The minimum atomic E-state index is -0.183. The van der Waals surface area contributed by atoms with Crippen molar-refractivity contribution < 1.29 is 14.3 Å². The first-order valence-corrected chi connectivity index (χ1v) is 13.6. The van der Waals surface area contributed by atoms with Gasteiger partial charge in [-0.05, 0) is 52.5 Å². The largest absolute Gasteiger partial charge is 0.376 e. The summed E-state index contributed by atoms with van der Waals surface area (Å²) in [5.74, 6) is 0.739. The number of likely N-dealkylation sites (N-methyl/N-ethyl adjacent to an activating group) is 1. The first-order valence-electron chi connectivity index (χ1n) is 13.6. The molecule has 6 heteroatoms. The molecular weight excluding hydrogens is 426 g/mol. The summed E-state index contributed by atoms with van der Waals surface area (Å²) in [5.41, 5.74) is 4.99. The molecule has 2 fully saturated rings. The number of rotatable bonds is 9. The van der Waals surface area contributed by atoms with Crippen LogP contribution in [0.5, 0.6) is 0 Å². The summed E-state index contributed by atoms with van der Waals surface area (Å²) < 4.78 is 5.85. The van der Waals surface area contributed by atoms with Crippen LogP contribution in [-0.2, 0) is 14.3 Å². The zero-order valence-corrected chi connectivity index (χ0v) is 22.8. The summed E-state index contributed by atoms with van der Waals surface area (Å²) >= 11 is 0. The second kappa shape index (κ2) is 21.2. The predicted molar refractivity (Wildman–Crippen MR) is 146 cm³/mol. The molecule has 0 unspecified atom stereocenters. The molecule has 0 bridgehead atoms. The summed E-state index contributed by atoms with van der Waals surface area (Å²) in [5, 5.41) is 0. The second-order valence-electron chi connectivity index (χ2n) is 10.0. The van der Waals surface area contributed by atoms with Gasteiger partial charge in [-0.25, -0.2) is 0 Å². The van der Waals surface area contributed by atoms with Crippen LogP contribution >= 0.6 is 0 Å². The molecule has 0 aromatic rings. The normalized spacial score (nSPS) is 17.6. The van der Waals surface area contributed by atoms with Gasteiger partial charge >= 0.3 is 0 Å². The number of carbonyl (C=O) groups excluding carboxylic acids is 2. The van der Waals surface area contributed by atoms with Gasteiger partial charge in [0, 0.05) is 45.6 Å². The van der Waals surface area contributed by atoms with Crippen molar-refractivity contribution in [1.82, 2.24) is 9.80 Å². The second-order valence-corrected chi connectivity index (χ2v) is 10.0. The Morgan fingerprint density at radius 3 is 2.00 bits per heavy atom. The summed E-state index contributed by atoms with van der Waals surface area (Å²) in [6.07, 6.45) is 13.3. The first-order chi connectivity index (χ1) is 15.7. The molecule has 1 saturated carbocycles. The third-order valence-corrected chi connectivity index (χ3v) is 6.50. The zero-order chi connectivity index (χ0) is 25.1. The molecule has 0 aromatic carbocycles. The first kappa shape index (κ1) is 35.0. The number of amides is 2. The van der Waals surface area contributed by atoms with Crippen LogP contribution in [0.15, 0.2) is 0 Å². The number of unbranched alkanes of at least 4 members (excludes halogenated alkanes) is 1. The number of nitrogens with two attached hydrogens (primary N) is 1. The fourth-order valence-electron chi connectivity index (χ4n) is 4.22. The van der Waals surface area contributed by atoms with Crippen molar-refractivity contribution in [1.29, 1.82) is 0 Å². The molecule has 1 heterocycles. The Kier molecular flexibility index (Phi) is 21.8. The van der Waals surface area contributed by atoms with E-state index in [0.717, 1.165) is 52.0 Å². The number of ether oxygens (including phenoxy) is 1. The SMILES string of the molecule is C.CC.CCCCOC(C)(C)CCC(=O)N1CCN(C)CC1.NC(=O)CC1CCCCCCC1. The Bertz CT molecular complexity index is 495. The Balaban J connectivity index is 0. The van der Waals surface area contributed by atoms with E-state index in [4.69, 9.17) is 10.5 Å². The van der Waals surface area contributed by atoms with Crippen LogP contribution in [0.2, 0.25) is 0 Å². The molecule has 1 aliphatic carbocycles. The lowest BCUT2D eigenvalue weighted by Crippen LogP contribution is -2.47. The van der Waals surface area contributed by atoms with Gasteiger partial charge in [-0.1, -0.05) is 66.7 Å². The molecule has 0 aromatic heterocycles. The topological polar surface area (TPSA) is 75.9 Å². The average molecular weight is 486 g/mol. The highest BCUT2D eigenvalue weighted by atomic mass is 16.5. The molecule has 1 saturated heterocycles. The van der Waals surface area contributed by atoms with E-state index in [1.54, 1.807) is 0 Å². The summed E-state index contributed by atoms with van der Waals surface area (Å²) in [6.45, 7) is 14.8. The van der Waals surface area contributed by atoms with Crippen molar-refractivity contribution >= 4 is 11.8 Å². The molecule has 2 N–H and O–H groups in total. The molecule has 34 heavy (non-hydrogen) atoms. The van der Waals surface area contributed by atoms with Gasteiger partial charge in [-0.3, -0.25) is 9.59 Å². The van der Waals surface area contributed by atoms with Crippen molar-refractivity contribution in [2.45, 2.75) is 125 Å². The van der Waals surface area contributed by atoms with Crippen molar-refractivity contribution in [3.63, 3.8) is 0 Å². The van der Waals surface area contributed by atoms with Gasteiger partial charge < -0.3 is 20.3 Å². The monoisotopic (exact) mass is 485 g/mol. The van der Waals surface area contributed by atoms with E-state index in [2.05, 4.69) is 32.7 Å². The van der Waals surface area contributed by atoms with Gasteiger partial charge in [-0.15, -0.1) is 0 Å². The van der Waals surface area contributed by atoms with Crippen molar-refractivity contribution in [2.24, 2.45) is 11.7 Å². The van der Waals surface area contributed by atoms with Gasteiger partial charge in [0.2, 0.25) is 11.8 Å². The fourth-order valence-corrected chi connectivity index (χ4v) is 4.22. The van der Waals surface area contributed by atoms with Gasteiger partial charge in [0.1, 0.15) is 0 Å². The molecule has 204 valence electrons. The lowest BCUT2D eigenvalue weighted by Gasteiger charge is -2.33. The molecule has 2 amide bonds. The quantitative estimate of drug-likeness (QED) is 0.405. The maximum absolute atomic E-state index is 12.1. The number of hydrogen-bond donors (Lipinski definition) is 1. The third kappa shape index (κ3) is 18.2. The van der Waals surface area contributed by atoms with Gasteiger partial charge in [0.05, 0.1) is 5.60 Å². The third-order valence-electron chi connectivity index (χ3n) is 6.50. The highest BCUT2D eigenvalue weighted by molar-refractivity contribution is 5.76.